The van der Waals surface area contributed by atoms with Crippen LogP contribution in [0.4, 0.5) is 0 Å². The van der Waals surface area contributed by atoms with Crippen LogP contribution in [-0.2, 0) is 0 Å². The van der Waals surface area contributed by atoms with Crippen LogP contribution in [0.2, 0.25) is 0 Å². The lowest BCUT2D eigenvalue weighted by atomic mass is 10.1. The SMILES string of the molecule is COc1ccc(OC)c(C(O)CNC(=O)c2ccc(Oc3ccc(C(N)=O)cc3)cc2)c1. The number of carbonyl (C=O) groups excluding carboxylic acids is 2. The second-order valence-corrected chi connectivity index (χ2v) is 6.85. The summed E-state index contributed by atoms with van der Waals surface area (Å²) in [4.78, 5) is 23.6. The molecule has 0 saturated heterocycles. The van der Waals surface area contributed by atoms with Crippen LogP contribution in [-0.4, -0.2) is 37.7 Å². The molecule has 3 aromatic carbocycles. The summed E-state index contributed by atoms with van der Waals surface area (Å²) >= 11 is 0. The van der Waals surface area contributed by atoms with E-state index in [2.05, 4.69) is 5.32 Å². The summed E-state index contributed by atoms with van der Waals surface area (Å²) in [6.07, 6.45) is -0.977. The van der Waals surface area contributed by atoms with Gasteiger partial charge >= 0.3 is 0 Å². The molecule has 0 fully saturated rings. The molecule has 32 heavy (non-hydrogen) atoms. The summed E-state index contributed by atoms with van der Waals surface area (Å²) in [6, 6.07) is 18.0. The van der Waals surface area contributed by atoms with E-state index in [0.29, 0.717) is 39.7 Å². The fourth-order valence-corrected chi connectivity index (χ4v) is 3.00. The standard InChI is InChI=1S/C24H24N2O6/c1-30-19-11-12-22(31-2)20(13-19)21(27)14-26-24(29)16-5-9-18(10-6-16)32-17-7-3-15(4-8-17)23(25)28/h3-13,21,27H,14H2,1-2H3,(H2,25,28)(H,26,29). The fourth-order valence-electron chi connectivity index (χ4n) is 3.00. The topological polar surface area (TPSA) is 120 Å². The van der Waals surface area contributed by atoms with Crippen molar-refractivity contribution >= 4 is 11.8 Å². The van der Waals surface area contributed by atoms with E-state index in [1.54, 1.807) is 66.7 Å². The van der Waals surface area contributed by atoms with E-state index in [1.807, 2.05) is 0 Å². The molecule has 1 atom stereocenters. The smallest absolute Gasteiger partial charge is 0.251 e. The molecule has 4 N–H and O–H groups in total. The van der Waals surface area contributed by atoms with Gasteiger partial charge in [-0.3, -0.25) is 9.59 Å². The van der Waals surface area contributed by atoms with Gasteiger partial charge in [-0.1, -0.05) is 0 Å². The molecule has 0 bridgehead atoms. The Labute approximate surface area is 185 Å². The van der Waals surface area contributed by atoms with Gasteiger partial charge in [0, 0.05) is 23.2 Å². The maximum atomic E-state index is 12.5. The van der Waals surface area contributed by atoms with E-state index in [9.17, 15) is 14.7 Å². The molecule has 0 aromatic heterocycles. The average Bonchev–Trinajstić information content (AvgIpc) is 2.82. The van der Waals surface area contributed by atoms with E-state index in [4.69, 9.17) is 19.9 Å². The van der Waals surface area contributed by atoms with Gasteiger partial charge in [0.15, 0.2) is 0 Å². The Morgan fingerprint density at radius 3 is 1.97 bits per heavy atom. The van der Waals surface area contributed by atoms with Gasteiger partial charge in [0.25, 0.3) is 5.91 Å². The van der Waals surface area contributed by atoms with Crippen molar-refractivity contribution in [3.05, 3.63) is 83.4 Å². The van der Waals surface area contributed by atoms with Crippen LogP contribution < -0.4 is 25.3 Å². The number of aliphatic hydroxyl groups is 1. The summed E-state index contributed by atoms with van der Waals surface area (Å²) in [5.74, 6) is 1.27. The van der Waals surface area contributed by atoms with Crippen molar-refractivity contribution in [3.8, 4) is 23.0 Å². The minimum atomic E-state index is -0.977. The number of hydrogen-bond donors (Lipinski definition) is 3. The highest BCUT2D eigenvalue weighted by Crippen LogP contribution is 2.29. The van der Waals surface area contributed by atoms with Gasteiger partial charge in [0.05, 0.1) is 14.2 Å². The molecular weight excluding hydrogens is 412 g/mol. The van der Waals surface area contributed by atoms with Crippen molar-refractivity contribution in [2.75, 3.05) is 20.8 Å². The van der Waals surface area contributed by atoms with Gasteiger partial charge < -0.3 is 30.4 Å². The number of hydrogen-bond acceptors (Lipinski definition) is 6. The van der Waals surface area contributed by atoms with Crippen molar-refractivity contribution in [1.82, 2.24) is 5.32 Å². The van der Waals surface area contributed by atoms with Crippen molar-refractivity contribution < 1.29 is 28.9 Å². The van der Waals surface area contributed by atoms with Crippen molar-refractivity contribution in [3.63, 3.8) is 0 Å². The van der Waals surface area contributed by atoms with Crippen molar-refractivity contribution in [2.24, 2.45) is 5.73 Å². The van der Waals surface area contributed by atoms with Gasteiger partial charge in [-0.15, -0.1) is 0 Å². The molecule has 8 nitrogen and oxygen atoms in total. The maximum Gasteiger partial charge on any atom is 0.251 e. The first-order valence-electron chi connectivity index (χ1n) is 9.77. The van der Waals surface area contributed by atoms with Crippen molar-refractivity contribution in [2.45, 2.75) is 6.10 Å². The Hall–Kier alpha value is -4.04. The lowest BCUT2D eigenvalue weighted by molar-refractivity contribution is 0.0914. The van der Waals surface area contributed by atoms with Crippen LogP contribution in [0.25, 0.3) is 0 Å². The Kier molecular flexibility index (Phi) is 7.30. The van der Waals surface area contributed by atoms with Gasteiger partial charge in [-0.05, 0) is 66.7 Å². The van der Waals surface area contributed by atoms with Gasteiger partial charge in [0.1, 0.15) is 29.1 Å². The van der Waals surface area contributed by atoms with E-state index in [0.717, 1.165) is 0 Å². The number of methoxy groups -OCH3 is 2. The van der Waals surface area contributed by atoms with Crippen molar-refractivity contribution in [1.29, 1.82) is 0 Å². The van der Waals surface area contributed by atoms with Crippen LogP contribution in [0.15, 0.2) is 66.7 Å². The maximum absolute atomic E-state index is 12.5. The molecule has 8 heteroatoms. The van der Waals surface area contributed by atoms with Crippen LogP contribution >= 0.6 is 0 Å². The second-order valence-electron chi connectivity index (χ2n) is 6.85. The third-order valence-corrected chi connectivity index (χ3v) is 4.74. The predicted molar refractivity (Wildman–Crippen MR) is 118 cm³/mol. The molecule has 2 amide bonds. The molecule has 0 saturated carbocycles. The van der Waals surface area contributed by atoms with Gasteiger partial charge in [0.2, 0.25) is 5.91 Å². The Balaban J connectivity index is 1.59. The zero-order valence-electron chi connectivity index (χ0n) is 17.7. The van der Waals surface area contributed by atoms with Gasteiger partial charge in [-0.2, -0.15) is 0 Å². The largest absolute Gasteiger partial charge is 0.497 e. The first-order chi connectivity index (χ1) is 15.4. The highest BCUT2D eigenvalue weighted by atomic mass is 16.5. The second kappa shape index (κ2) is 10.3. The zero-order chi connectivity index (χ0) is 23.1. The van der Waals surface area contributed by atoms with E-state index in [1.165, 1.54) is 14.2 Å². The molecule has 0 radical (unpaired) electrons. The Morgan fingerprint density at radius 1 is 0.875 bits per heavy atom. The molecule has 0 aliphatic heterocycles. The molecule has 0 aliphatic rings. The number of nitrogens with one attached hydrogen (secondary N) is 1. The number of benzene rings is 3. The number of rotatable bonds is 9. The summed E-state index contributed by atoms with van der Waals surface area (Å²) in [5, 5.41) is 13.2. The van der Waals surface area contributed by atoms with Crippen LogP contribution in [0.3, 0.4) is 0 Å². The summed E-state index contributed by atoms with van der Waals surface area (Å²) in [7, 11) is 3.04. The quantitative estimate of drug-likeness (QED) is 0.474. The highest BCUT2D eigenvalue weighted by molar-refractivity contribution is 5.94. The molecule has 1 unspecified atom stereocenters. The monoisotopic (exact) mass is 436 g/mol. The lowest BCUT2D eigenvalue weighted by Gasteiger charge is -2.16. The Morgan fingerprint density at radius 2 is 1.44 bits per heavy atom. The van der Waals surface area contributed by atoms with Crippen LogP contribution in [0.1, 0.15) is 32.4 Å². The minimum Gasteiger partial charge on any atom is -0.497 e. The number of amides is 2. The molecule has 166 valence electrons. The normalized spacial score (nSPS) is 11.3. The molecule has 0 aliphatic carbocycles. The third-order valence-electron chi connectivity index (χ3n) is 4.74. The molecular formula is C24H24N2O6. The first-order valence-corrected chi connectivity index (χ1v) is 9.77. The Bertz CT molecular complexity index is 1080. The third kappa shape index (κ3) is 5.55. The molecule has 3 aromatic rings. The number of aliphatic hydroxyl groups excluding tert-OH is 1. The first kappa shape index (κ1) is 22.6. The highest BCUT2D eigenvalue weighted by Gasteiger charge is 2.16. The molecule has 0 heterocycles. The summed E-state index contributed by atoms with van der Waals surface area (Å²) < 4.78 is 16.2. The number of ether oxygens (including phenoxy) is 3. The predicted octanol–water partition coefficient (Wildman–Crippen LogP) is 3.06. The number of nitrogens with two attached hydrogens (primary N) is 1. The van der Waals surface area contributed by atoms with Crippen LogP contribution in [0.5, 0.6) is 23.0 Å². The summed E-state index contributed by atoms with van der Waals surface area (Å²) in [6.45, 7) is -0.00712. The van der Waals surface area contributed by atoms with Gasteiger partial charge in [-0.25, -0.2) is 0 Å². The van der Waals surface area contributed by atoms with E-state index >= 15 is 0 Å². The minimum absolute atomic E-state index is 0.00712. The number of primary amides is 1. The van der Waals surface area contributed by atoms with E-state index in [-0.39, 0.29) is 12.5 Å². The average molecular weight is 436 g/mol. The lowest BCUT2D eigenvalue weighted by Crippen LogP contribution is -2.28. The van der Waals surface area contributed by atoms with E-state index < -0.39 is 12.0 Å². The number of carbonyl (C=O) groups is 2. The molecule has 3 rings (SSSR count). The zero-order valence-corrected chi connectivity index (χ0v) is 17.7. The van der Waals surface area contributed by atoms with Crippen LogP contribution in [0, 0.1) is 0 Å². The molecule has 0 spiro atoms. The fraction of sp³-hybridized carbons (Fsp3) is 0.167. The summed E-state index contributed by atoms with van der Waals surface area (Å²) in [5.41, 5.74) is 6.53.